The summed E-state index contributed by atoms with van der Waals surface area (Å²) in [4.78, 5) is 28.8. The Labute approximate surface area is 220 Å². The average molecular weight is 527 g/mol. The highest BCUT2D eigenvalue weighted by Crippen LogP contribution is 2.39. The average Bonchev–Trinajstić information content (AvgIpc) is 3.51. The van der Waals surface area contributed by atoms with E-state index >= 15 is 0 Å². The number of carbonyl (C=O) groups is 2. The molecule has 0 bridgehead atoms. The lowest BCUT2D eigenvalue weighted by molar-refractivity contribution is 0.00700. The molecule has 1 aliphatic heterocycles. The molecule has 0 spiro atoms. The lowest BCUT2D eigenvalue weighted by Gasteiger charge is -2.20. The lowest BCUT2D eigenvalue weighted by Crippen LogP contribution is -2.30. The Balaban J connectivity index is 1.37. The number of nitrogens with zero attached hydrogens (tertiary/aromatic N) is 1. The van der Waals surface area contributed by atoms with E-state index in [1.165, 1.54) is 26.7 Å². The van der Waals surface area contributed by atoms with E-state index in [1.54, 1.807) is 11.3 Å². The minimum atomic E-state index is -0.599. The zero-order chi connectivity index (χ0) is 25.3. The second-order valence-corrected chi connectivity index (χ2v) is 12.6. The molecule has 0 radical (unpaired) electrons. The van der Waals surface area contributed by atoms with Gasteiger partial charge >= 0.3 is 12.0 Å². The number of amides is 2. The molecule has 7 nitrogen and oxygen atoms in total. The van der Waals surface area contributed by atoms with Gasteiger partial charge in [0.25, 0.3) is 0 Å². The Hall–Kier alpha value is -2.62. The van der Waals surface area contributed by atoms with Crippen LogP contribution in [0.4, 0.5) is 9.80 Å². The molecular weight excluding hydrogens is 492 g/mol. The zero-order valence-electron chi connectivity index (χ0n) is 21.2. The van der Waals surface area contributed by atoms with E-state index in [9.17, 15) is 9.59 Å². The van der Waals surface area contributed by atoms with E-state index in [0.717, 1.165) is 67.7 Å². The van der Waals surface area contributed by atoms with Crippen LogP contribution in [0.2, 0.25) is 0 Å². The molecule has 0 unspecified atom stereocenters. The van der Waals surface area contributed by atoms with Gasteiger partial charge < -0.3 is 19.9 Å². The smallest absolute Gasteiger partial charge is 0.341 e. The molecule has 5 rings (SSSR count). The summed E-state index contributed by atoms with van der Waals surface area (Å²) in [5.74, 6) is -0.355. The molecule has 9 heteroatoms. The van der Waals surface area contributed by atoms with Crippen molar-refractivity contribution in [2.24, 2.45) is 0 Å². The highest BCUT2D eigenvalue weighted by atomic mass is 32.1. The Morgan fingerprint density at radius 2 is 1.81 bits per heavy atom. The number of nitrogens with one attached hydrogen (secondary N) is 3. The van der Waals surface area contributed by atoms with E-state index in [4.69, 9.17) is 4.74 Å². The molecule has 1 aliphatic carbocycles. The van der Waals surface area contributed by atoms with Gasteiger partial charge in [0.05, 0.1) is 5.56 Å². The Kier molecular flexibility index (Phi) is 7.23. The number of fused-ring (bicyclic) bond motifs is 2. The highest BCUT2D eigenvalue weighted by molar-refractivity contribution is 7.17. The number of ether oxygens (including phenoxy) is 1. The maximum Gasteiger partial charge on any atom is 0.341 e. The van der Waals surface area contributed by atoms with Crippen LogP contribution >= 0.6 is 22.7 Å². The van der Waals surface area contributed by atoms with Crippen molar-refractivity contribution in [2.75, 3.05) is 11.9 Å². The summed E-state index contributed by atoms with van der Waals surface area (Å²) >= 11 is 3.30. The predicted molar refractivity (Wildman–Crippen MR) is 146 cm³/mol. The third kappa shape index (κ3) is 5.38. The van der Waals surface area contributed by atoms with Crippen LogP contribution in [0, 0.1) is 0 Å². The fourth-order valence-electron chi connectivity index (χ4n) is 4.94. The van der Waals surface area contributed by atoms with Gasteiger partial charge in [-0.05, 0) is 82.7 Å². The molecule has 3 aromatic rings. The molecule has 0 fully saturated rings. The first kappa shape index (κ1) is 25.0. The summed E-state index contributed by atoms with van der Waals surface area (Å²) in [6.07, 6.45) is 10.1. The van der Waals surface area contributed by atoms with Crippen LogP contribution in [0.25, 0.3) is 5.00 Å². The van der Waals surface area contributed by atoms with Crippen LogP contribution in [0.5, 0.6) is 0 Å². The number of thiophene rings is 2. The molecule has 4 heterocycles. The number of hydrogen-bond donors (Lipinski definition) is 3. The second kappa shape index (κ2) is 10.4. The van der Waals surface area contributed by atoms with Crippen molar-refractivity contribution < 1.29 is 14.3 Å². The number of aryl methyl sites for hydroxylation is 1. The Morgan fingerprint density at radius 1 is 1.03 bits per heavy atom. The maximum atomic E-state index is 13.2. The minimum absolute atomic E-state index is 0.302. The number of aromatic nitrogens is 1. The molecular formula is C27H34N4O3S2. The van der Waals surface area contributed by atoms with Crippen molar-refractivity contribution in [3.05, 3.63) is 56.5 Å². The number of anilines is 1. The zero-order valence-corrected chi connectivity index (χ0v) is 22.8. The monoisotopic (exact) mass is 526 g/mol. The molecule has 36 heavy (non-hydrogen) atoms. The summed E-state index contributed by atoms with van der Waals surface area (Å²) in [6, 6.07) is 3.73. The Morgan fingerprint density at radius 3 is 2.58 bits per heavy atom. The SMILES string of the molecule is CC(C)(C)OC(=O)c1c(NC(=O)NCc2c(-n3cccc3)sc3c2CCNC3)sc2c1CCCCC2. The quantitative estimate of drug-likeness (QED) is 0.290. The minimum Gasteiger partial charge on any atom is -0.456 e. The molecule has 2 amide bonds. The van der Waals surface area contributed by atoms with Crippen LogP contribution in [0.15, 0.2) is 24.5 Å². The summed E-state index contributed by atoms with van der Waals surface area (Å²) in [6.45, 7) is 7.84. The fourth-order valence-corrected chi connectivity index (χ4v) is 7.51. The lowest BCUT2D eigenvalue weighted by atomic mass is 10.0. The van der Waals surface area contributed by atoms with E-state index in [0.29, 0.717) is 17.1 Å². The Bertz CT molecular complexity index is 1250. The molecule has 0 atom stereocenters. The third-order valence-corrected chi connectivity index (χ3v) is 9.03. The van der Waals surface area contributed by atoms with E-state index in [1.807, 2.05) is 45.3 Å². The van der Waals surface area contributed by atoms with E-state index in [2.05, 4.69) is 20.5 Å². The number of rotatable bonds is 5. The van der Waals surface area contributed by atoms with Gasteiger partial charge in [-0.2, -0.15) is 0 Å². The van der Waals surface area contributed by atoms with Crippen LogP contribution < -0.4 is 16.0 Å². The number of carbonyl (C=O) groups excluding carboxylic acids is 2. The summed E-state index contributed by atoms with van der Waals surface area (Å²) in [7, 11) is 0. The van der Waals surface area contributed by atoms with Gasteiger partial charge in [-0.1, -0.05) is 6.42 Å². The van der Waals surface area contributed by atoms with Crippen molar-refractivity contribution in [2.45, 2.75) is 78.0 Å². The molecule has 0 saturated heterocycles. The van der Waals surface area contributed by atoms with Crippen molar-refractivity contribution >= 4 is 39.7 Å². The third-order valence-electron chi connectivity index (χ3n) is 6.53. The summed E-state index contributed by atoms with van der Waals surface area (Å²) < 4.78 is 7.86. The number of hydrogen-bond acceptors (Lipinski definition) is 6. The van der Waals surface area contributed by atoms with Crippen molar-refractivity contribution in [3.8, 4) is 5.00 Å². The van der Waals surface area contributed by atoms with Gasteiger partial charge in [-0.25, -0.2) is 9.59 Å². The van der Waals surface area contributed by atoms with Crippen LogP contribution in [0.3, 0.4) is 0 Å². The normalized spacial score (nSPS) is 15.5. The van der Waals surface area contributed by atoms with Crippen molar-refractivity contribution in [1.29, 1.82) is 0 Å². The molecule has 2 aliphatic rings. The molecule has 3 N–H and O–H groups in total. The first-order valence-corrected chi connectivity index (χ1v) is 14.3. The van der Waals surface area contributed by atoms with E-state index in [-0.39, 0.29) is 12.0 Å². The molecule has 0 aromatic carbocycles. The van der Waals surface area contributed by atoms with Crippen molar-refractivity contribution in [3.63, 3.8) is 0 Å². The second-order valence-electron chi connectivity index (χ2n) is 10.4. The van der Waals surface area contributed by atoms with Crippen molar-refractivity contribution in [1.82, 2.24) is 15.2 Å². The molecule has 0 saturated carbocycles. The first-order chi connectivity index (χ1) is 17.3. The van der Waals surface area contributed by atoms with Gasteiger partial charge in [0.15, 0.2) is 0 Å². The largest absolute Gasteiger partial charge is 0.456 e. The summed E-state index contributed by atoms with van der Waals surface area (Å²) in [5, 5.41) is 11.3. The van der Waals surface area contributed by atoms with Crippen LogP contribution in [0.1, 0.15) is 76.8 Å². The van der Waals surface area contributed by atoms with Gasteiger partial charge in [0.1, 0.15) is 15.6 Å². The predicted octanol–water partition coefficient (Wildman–Crippen LogP) is 5.79. The first-order valence-electron chi connectivity index (χ1n) is 12.7. The number of urea groups is 1. The topological polar surface area (TPSA) is 84.4 Å². The molecule has 3 aromatic heterocycles. The van der Waals surface area contributed by atoms with Crippen LogP contribution in [-0.4, -0.2) is 28.7 Å². The number of esters is 1. The fraction of sp³-hybridized carbons (Fsp3) is 0.481. The standard InChI is InChI=1S/C27H34N4O3S2/c1-27(2,3)34-25(32)22-18-9-5-4-6-10-20(18)35-23(22)30-26(33)29-15-19-17-11-12-28-16-21(17)36-24(19)31-13-7-8-14-31/h7-8,13-14,28H,4-6,9-12,15-16H2,1-3H3,(H2,29,30,33). The highest BCUT2D eigenvalue weighted by Gasteiger charge is 2.29. The maximum absolute atomic E-state index is 13.2. The molecule has 192 valence electrons. The van der Waals surface area contributed by atoms with E-state index < -0.39 is 5.60 Å². The van der Waals surface area contributed by atoms with Gasteiger partial charge in [0.2, 0.25) is 0 Å². The van der Waals surface area contributed by atoms with Gasteiger partial charge in [0, 0.05) is 40.8 Å². The van der Waals surface area contributed by atoms with Gasteiger partial charge in [-0.15, -0.1) is 22.7 Å². The van der Waals surface area contributed by atoms with Gasteiger partial charge in [-0.3, -0.25) is 5.32 Å². The van der Waals surface area contributed by atoms with Crippen LogP contribution in [-0.2, 0) is 37.1 Å². The summed E-state index contributed by atoms with van der Waals surface area (Å²) in [5.41, 5.74) is 3.49.